The Labute approximate surface area is 89.6 Å². The molecule has 0 aromatic carbocycles. The average Bonchev–Trinajstić information content (AvgIpc) is 2.13. The smallest absolute Gasteiger partial charge is 0.237 e. The first-order valence-electron chi connectivity index (χ1n) is 4.60. The highest BCUT2D eigenvalue weighted by Crippen LogP contribution is 2.03. The SMILES string of the molecule is CSCC[C@H](N)C(=O)NC(C)(C)CO. The van der Waals surface area contributed by atoms with E-state index in [-0.39, 0.29) is 12.5 Å². The maximum atomic E-state index is 11.5. The zero-order valence-electron chi connectivity index (χ0n) is 9.04. The Morgan fingerprint density at radius 3 is 2.64 bits per heavy atom. The zero-order chi connectivity index (χ0) is 11.2. The van der Waals surface area contributed by atoms with Crippen molar-refractivity contribution in [1.82, 2.24) is 5.32 Å². The van der Waals surface area contributed by atoms with Crippen LogP contribution in [-0.2, 0) is 4.79 Å². The van der Waals surface area contributed by atoms with Gasteiger partial charge in [-0.05, 0) is 32.3 Å². The van der Waals surface area contributed by atoms with E-state index in [1.54, 1.807) is 25.6 Å². The van der Waals surface area contributed by atoms with Crippen molar-refractivity contribution in [3.63, 3.8) is 0 Å². The third-order valence-electron chi connectivity index (χ3n) is 1.83. The van der Waals surface area contributed by atoms with Crippen LogP contribution in [0, 0.1) is 0 Å². The van der Waals surface area contributed by atoms with Crippen LogP contribution in [0.2, 0.25) is 0 Å². The third-order valence-corrected chi connectivity index (χ3v) is 2.47. The quantitative estimate of drug-likeness (QED) is 0.587. The van der Waals surface area contributed by atoms with Crippen LogP contribution >= 0.6 is 11.8 Å². The van der Waals surface area contributed by atoms with Crippen LogP contribution in [0.3, 0.4) is 0 Å². The van der Waals surface area contributed by atoms with Crippen LogP contribution in [-0.4, -0.2) is 41.2 Å². The van der Waals surface area contributed by atoms with E-state index in [0.29, 0.717) is 6.42 Å². The summed E-state index contributed by atoms with van der Waals surface area (Å²) in [6.07, 6.45) is 2.64. The minimum Gasteiger partial charge on any atom is -0.394 e. The molecule has 0 radical (unpaired) electrons. The Bertz CT molecular complexity index is 186. The monoisotopic (exact) mass is 220 g/mol. The van der Waals surface area contributed by atoms with Gasteiger partial charge in [-0.2, -0.15) is 11.8 Å². The third kappa shape index (κ3) is 5.47. The largest absolute Gasteiger partial charge is 0.394 e. The summed E-state index contributed by atoms with van der Waals surface area (Å²) in [4.78, 5) is 11.5. The number of carbonyl (C=O) groups excluding carboxylic acids is 1. The molecular weight excluding hydrogens is 200 g/mol. The van der Waals surface area contributed by atoms with E-state index in [0.717, 1.165) is 5.75 Å². The van der Waals surface area contributed by atoms with Crippen LogP contribution in [0.25, 0.3) is 0 Å². The molecule has 0 unspecified atom stereocenters. The van der Waals surface area contributed by atoms with Crippen molar-refractivity contribution in [2.75, 3.05) is 18.6 Å². The molecule has 0 fully saturated rings. The fraction of sp³-hybridized carbons (Fsp3) is 0.889. The summed E-state index contributed by atoms with van der Waals surface area (Å²) in [6, 6.07) is -0.478. The van der Waals surface area contributed by atoms with Gasteiger partial charge in [0, 0.05) is 0 Å². The fourth-order valence-electron chi connectivity index (χ4n) is 0.842. The average molecular weight is 220 g/mol. The lowest BCUT2D eigenvalue weighted by molar-refractivity contribution is -0.124. The van der Waals surface area contributed by atoms with Gasteiger partial charge in [-0.15, -0.1) is 0 Å². The van der Waals surface area contributed by atoms with Crippen molar-refractivity contribution in [2.24, 2.45) is 5.73 Å². The Hall–Kier alpha value is -0.260. The molecule has 0 spiro atoms. The number of aliphatic hydroxyl groups is 1. The van der Waals surface area contributed by atoms with Crippen LogP contribution in [0.15, 0.2) is 0 Å². The van der Waals surface area contributed by atoms with Crippen molar-refractivity contribution >= 4 is 17.7 Å². The summed E-state index contributed by atoms with van der Waals surface area (Å²) >= 11 is 1.66. The van der Waals surface area contributed by atoms with Gasteiger partial charge in [0.15, 0.2) is 0 Å². The maximum Gasteiger partial charge on any atom is 0.237 e. The highest BCUT2D eigenvalue weighted by molar-refractivity contribution is 7.98. The zero-order valence-corrected chi connectivity index (χ0v) is 9.86. The molecule has 84 valence electrons. The van der Waals surface area contributed by atoms with E-state index >= 15 is 0 Å². The summed E-state index contributed by atoms with van der Waals surface area (Å²) in [7, 11) is 0. The fourth-order valence-corrected chi connectivity index (χ4v) is 1.33. The topological polar surface area (TPSA) is 75.4 Å². The maximum absolute atomic E-state index is 11.5. The lowest BCUT2D eigenvalue weighted by Gasteiger charge is -2.25. The van der Waals surface area contributed by atoms with Crippen LogP contribution in [0.5, 0.6) is 0 Å². The van der Waals surface area contributed by atoms with E-state index in [4.69, 9.17) is 10.8 Å². The van der Waals surface area contributed by atoms with E-state index in [1.807, 2.05) is 6.26 Å². The molecule has 14 heavy (non-hydrogen) atoms. The molecule has 0 aromatic heterocycles. The van der Waals surface area contributed by atoms with Gasteiger partial charge < -0.3 is 16.2 Å². The number of carbonyl (C=O) groups is 1. The van der Waals surface area contributed by atoms with Crippen molar-refractivity contribution in [2.45, 2.75) is 31.8 Å². The number of hydrogen-bond acceptors (Lipinski definition) is 4. The summed E-state index contributed by atoms with van der Waals surface area (Å²) in [5.74, 6) is 0.673. The predicted molar refractivity (Wildman–Crippen MR) is 60.3 cm³/mol. The number of aliphatic hydroxyl groups excluding tert-OH is 1. The first kappa shape index (κ1) is 13.7. The lowest BCUT2D eigenvalue weighted by Crippen LogP contribution is -2.52. The normalized spacial score (nSPS) is 13.8. The summed E-state index contributed by atoms with van der Waals surface area (Å²) in [5, 5.41) is 11.6. The minimum absolute atomic E-state index is 0.0893. The van der Waals surface area contributed by atoms with Gasteiger partial charge in [-0.25, -0.2) is 0 Å². The number of amides is 1. The van der Waals surface area contributed by atoms with Crippen molar-refractivity contribution in [3.8, 4) is 0 Å². The van der Waals surface area contributed by atoms with E-state index in [2.05, 4.69) is 5.32 Å². The van der Waals surface area contributed by atoms with Gasteiger partial charge in [-0.3, -0.25) is 4.79 Å². The lowest BCUT2D eigenvalue weighted by atomic mass is 10.1. The molecule has 0 aliphatic heterocycles. The second-order valence-electron chi connectivity index (χ2n) is 3.92. The molecule has 4 nitrogen and oxygen atoms in total. The van der Waals surface area contributed by atoms with Gasteiger partial charge in [-0.1, -0.05) is 0 Å². The summed E-state index contributed by atoms with van der Waals surface area (Å²) in [6.45, 7) is 3.42. The molecule has 0 rings (SSSR count). The van der Waals surface area contributed by atoms with Crippen LogP contribution in [0.1, 0.15) is 20.3 Å². The molecule has 0 aliphatic carbocycles. The number of rotatable bonds is 6. The molecule has 0 aromatic rings. The Morgan fingerprint density at radius 1 is 1.64 bits per heavy atom. The molecule has 0 aliphatic rings. The number of nitrogens with one attached hydrogen (secondary N) is 1. The Balaban J connectivity index is 3.95. The molecule has 0 saturated heterocycles. The van der Waals surface area contributed by atoms with Crippen molar-refractivity contribution < 1.29 is 9.90 Å². The standard InChI is InChI=1S/C9H20N2O2S/c1-9(2,6-12)11-8(13)7(10)4-5-14-3/h7,12H,4-6,10H2,1-3H3,(H,11,13)/t7-/m0/s1. The molecule has 0 bridgehead atoms. The second kappa shape index (κ2) is 6.27. The summed E-state index contributed by atoms with van der Waals surface area (Å²) < 4.78 is 0. The van der Waals surface area contributed by atoms with Gasteiger partial charge >= 0.3 is 0 Å². The van der Waals surface area contributed by atoms with E-state index < -0.39 is 11.6 Å². The molecule has 0 heterocycles. The van der Waals surface area contributed by atoms with Gasteiger partial charge in [0.25, 0.3) is 0 Å². The molecule has 1 amide bonds. The number of hydrogen-bond donors (Lipinski definition) is 3. The van der Waals surface area contributed by atoms with Gasteiger partial charge in [0.2, 0.25) is 5.91 Å². The van der Waals surface area contributed by atoms with E-state index in [9.17, 15) is 4.79 Å². The van der Waals surface area contributed by atoms with Crippen molar-refractivity contribution in [3.05, 3.63) is 0 Å². The minimum atomic E-state index is -0.589. The summed E-state index contributed by atoms with van der Waals surface area (Å²) in [5.41, 5.74) is 5.07. The number of nitrogens with two attached hydrogens (primary N) is 1. The van der Waals surface area contributed by atoms with Crippen LogP contribution in [0.4, 0.5) is 0 Å². The first-order chi connectivity index (χ1) is 6.43. The predicted octanol–water partition coefficient (Wildman–Crippen LogP) is -0.0461. The Morgan fingerprint density at radius 2 is 2.21 bits per heavy atom. The molecule has 5 heteroatoms. The van der Waals surface area contributed by atoms with Gasteiger partial charge in [0.05, 0.1) is 18.2 Å². The van der Waals surface area contributed by atoms with Crippen molar-refractivity contribution in [1.29, 1.82) is 0 Å². The number of thioether (sulfide) groups is 1. The molecule has 4 N–H and O–H groups in total. The Kier molecular flexibility index (Phi) is 6.15. The van der Waals surface area contributed by atoms with Crippen LogP contribution < -0.4 is 11.1 Å². The first-order valence-corrected chi connectivity index (χ1v) is 5.99. The van der Waals surface area contributed by atoms with E-state index in [1.165, 1.54) is 0 Å². The molecule has 1 atom stereocenters. The second-order valence-corrected chi connectivity index (χ2v) is 4.90. The molecule has 0 saturated carbocycles. The highest BCUT2D eigenvalue weighted by Gasteiger charge is 2.22. The van der Waals surface area contributed by atoms with Gasteiger partial charge in [0.1, 0.15) is 0 Å². The molecular formula is C9H20N2O2S. The highest BCUT2D eigenvalue weighted by atomic mass is 32.2.